The molecule has 0 bridgehead atoms. The Morgan fingerprint density at radius 3 is 2.54 bits per heavy atom. The Kier molecular flexibility index (Phi) is 7.38. The number of hydrogen-bond acceptors (Lipinski definition) is 5. The summed E-state index contributed by atoms with van der Waals surface area (Å²) in [6.45, 7) is 0.282. The van der Waals surface area contributed by atoms with E-state index in [1.165, 1.54) is 32.1 Å². The van der Waals surface area contributed by atoms with Crippen LogP contribution in [0.3, 0.4) is 0 Å². The van der Waals surface area contributed by atoms with Crippen molar-refractivity contribution < 1.29 is 9.84 Å². The average molecular weight is 376 g/mol. The lowest BCUT2D eigenvalue weighted by Crippen LogP contribution is -2.15. The van der Waals surface area contributed by atoms with Crippen LogP contribution >= 0.6 is 11.8 Å². The fourth-order valence-electron chi connectivity index (χ4n) is 3.53. The summed E-state index contributed by atoms with van der Waals surface area (Å²) < 4.78 is 7.65. The number of ether oxygens (including phenoxy) is 1. The van der Waals surface area contributed by atoms with E-state index < -0.39 is 0 Å². The van der Waals surface area contributed by atoms with Crippen molar-refractivity contribution in [2.45, 2.75) is 62.6 Å². The summed E-state index contributed by atoms with van der Waals surface area (Å²) in [4.78, 5) is 0. The van der Waals surface area contributed by atoms with Crippen molar-refractivity contribution in [2.24, 2.45) is 0 Å². The molecule has 1 aromatic carbocycles. The van der Waals surface area contributed by atoms with Crippen molar-refractivity contribution >= 4 is 11.8 Å². The summed E-state index contributed by atoms with van der Waals surface area (Å²) in [5.74, 6) is 2.85. The minimum Gasteiger partial charge on any atom is -0.497 e. The number of benzene rings is 1. The molecule has 1 N–H and O–H groups in total. The molecule has 5 nitrogen and oxygen atoms in total. The van der Waals surface area contributed by atoms with Crippen LogP contribution < -0.4 is 4.74 Å². The van der Waals surface area contributed by atoms with Gasteiger partial charge in [0.15, 0.2) is 11.0 Å². The van der Waals surface area contributed by atoms with Gasteiger partial charge in [-0.25, -0.2) is 0 Å². The topological polar surface area (TPSA) is 60.2 Å². The first-order valence-electron chi connectivity index (χ1n) is 9.66. The van der Waals surface area contributed by atoms with Crippen molar-refractivity contribution in [3.63, 3.8) is 0 Å². The highest BCUT2D eigenvalue weighted by Gasteiger charge is 2.23. The number of unbranched alkanes of at least 4 members (excludes halogenated alkanes) is 2. The Hall–Kier alpha value is -1.53. The molecule has 2 aromatic rings. The van der Waals surface area contributed by atoms with E-state index in [-0.39, 0.29) is 6.61 Å². The highest BCUT2D eigenvalue weighted by molar-refractivity contribution is 7.99. The zero-order valence-electron chi connectivity index (χ0n) is 15.6. The standard InChI is InChI=1S/C20H29N3O2S/c1-25-18-12-10-16(11-13-18)19-21-22-20(26-15-7-3-6-14-24)23(19)17-8-4-2-5-9-17/h10-13,17,24H,2-9,14-15H2,1H3. The Labute approximate surface area is 160 Å². The number of methoxy groups -OCH3 is 1. The second-order valence-electron chi connectivity index (χ2n) is 6.83. The molecule has 1 aromatic heterocycles. The van der Waals surface area contributed by atoms with Crippen molar-refractivity contribution in [1.29, 1.82) is 0 Å². The molecule has 1 saturated carbocycles. The van der Waals surface area contributed by atoms with E-state index in [0.717, 1.165) is 47.3 Å². The Balaban J connectivity index is 1.80. The number of nitrogens with zero attached hydrogens (tertiary/aromatic N) is 3. The van der Waals surface area contributed by atoms with Gasteiger partial charge in [-0.05, 0) is 49.9 Å². The van der Waals surface area contributed by atoms with Gasteiger partial charge < -0.3 is 9.84 Å². The van der Waals surface area contributed by atoms with Gasteiger partial charge in [0.25, 0.3) is 0 Å². The molecule has 142 valence electrons. The summed E-state index contributed by atoms with van der Waals surface area (Å²) in [5, 5.41) is 19.0. The van der Waals surface area contributed by atoms with Gasteiger partial charge in [-0.15, -0.1) is 10.2 Å². The quantitative estimate of drug-likeness (QED) is 0.508. The minimum atomic E-state index is 0.282. The van der Waals surface area contributed by atoms with E-state index in [2.05, 4.69) is 26.9 Å². The third kappa shape index (κ3) is 4.80. The van der Waals surface area contributed by atoms with Gasteiger partial charge in [-0.2, -0.15) is 0 Å². The second-order valence-corrected chi connectivity index (χ2v) is 7.89. The molecule has 26 heavy (non-hydrogen) atoms. The maximum atomic E-state index is 8.92. The first-order chi connectivity index (χ1) is 12.8. The zero-order valence-corrected chi connectivity index (χ0v) is 16.4. The van der Waals surface area contributed by atoms with E-state index in [0.29, 0.717) is 6.04 Å². The molecule has 1 fully saturated rings. The van der Waals surface area contributed by atoms with Crippen LogP contribution in [0, 0.1) is 0 Å². The largest absolute Gasteiger partial charge is 0.497 e. The van der Waals surface area contributed by atoms with Crippen LogP contribution in [0.1, 0.15) is 57.4 Å². The molecule has 0 atom stereocenters. The molecular weight excluding hydrogens is 346 g/mol. The van der Waals surface area contributed by atoms with E-state index in [4.69, 9.17) is 9.84 Å². The molecule has 0 unspecified atom stereocenters. The fraction of sp³-hybridized carbons (Fsp3) is 0.600. The van der Waals surface area contributed by atoms with Crippen LogP contribution in [0.15, 0.2) is 29.4 Å². The number of rotatable bonds is 9. The molecule has 3 rings (SSSR count). The molecule has 0 spiro atoms. The van der Waals surface area contributed by atoms with Crippen molar-refractivity contribution in [3.05, 3.63) is 24.3 Å². The van der Waals surface area contributed by atoms with Crippen LogP contribution in [-0.2, 0) is 0 Å². The number of aliphatic hydroxyl groups is 1. The lowest BCUT2D eigenvalue weighted by molar-refractivity contribution is 0.284. The fourth-order valence-corrected chi connectivity index (χ4v) is 4.54. The van der Waals surface area contributed by atoms with Gasteiger partial charge in [0.1, 0.15) is 5.75 Å². The molecule has 0 saturated heterocycles. The third-order valence-corrected chi connectivity index (χ3v) is 6.02. The predicted molar refractivity (Wildman–Crippen MR) is 106 cm³/mol. The highest BCUT2D eigenvalue weighted by Crippen LogP contribution is 2.36. The maximum Gasteiger partial charge on any atom is 0.191 e. The maximum absolute atomic E-state index is 8.92. The third-order valence-electron chi connectivity index (χ3n) is 4.99. The summed E-state index contributed by atoms with van der Waals surface area (Å²) in [6.07, 6.45) is 9.36. The molecule has 0 radical (unpaired) electrons. The number of thioether (sulfide) groups is 1. The highest BCUT2D eigenvalue weighted by atomic mass is 32.2. The molecule has 6 heteroatoms. The van der Waals surface area contributed by atoms with E-state index in [9.17, 15) is 0 Å². The van der Waals surface area contributed by atoms with Gasteiger partial charge in [0, 0.05) is 24.0 Å². The monoisotopic (exact) mass is 375 g/mol. The van der Waals surface area contributed by atoms with Crippen LogP contribution in [0.25, 0.3) is 11.4 Å². The zero-order chi connectivity index (χ0) is 18.2. The van der Waals surface area contributed by atoms with E-state index in [1.807, 2.05) is 12.1 Å². The lowest BCUT2D eigenvalue weighted by Gasteiger charge is -2.25. The minimum absolute atomic E-state index is 0.282. The summed E-state index contributed by atoms with van der Waals surface area (Å²) in [5.41, 5.74) is 1.09. The van der Waals surface area contributed by atoms with Crippen LogP contribution in [0.4, 0.5) is 0 Å². The van der Waals surface area contributed by atoms with E-state index in [1.54, 1.807) is 18.9 Å². The average Bonchev–Trinajstić information content (AvgIpc) is 3.12. The molecule has 0 amide bonds. The summed E-state index contributed by atoms with van der Waals surface area (Å²) >= 11 is 1.80. The van der Waals surface area contributed by atoms with Gasteiger partial charge in [0.05, 0.1) is 7.11 Å². The summed E-state index contributed by atoms with van der Waals surface area (Å²) in [7, 11) is 1.69. The van der Waals surface area contributed by atoms with Crippen molar-refractivity contribution in [2.75, 3.05) is 19.5 Å². The molecule has 1 aliphatic rings. The Morgan fingerprint density at radius 2 is 1.85 bits per heavy atom. The molecule has 1 heterocycles. The molecule has 1 aliphatic carbocycles. The normalized spacial score (nSPS) is 15.3. The number of aromatic nitrogens is 3. The van der Waals surface area contributed by atoms with Crippen LogP contribution in [0.2, 0.25) is 0 Å². The van der Waals surface area contributed by atoms with Gasteiger partial charge >= 0.3 is 0 Å². The summed E-state index contributed by atoms with van der Waals surface area (Å²) in [6, 6.07) is 8.60. The SMILES string of the molecule is COc1ccc(-c2nnc(SCCCCCO)n2C2CCCCC2)cc1. The first-order valence-corrected chi connectivity index (χ1v) is 10.6. The smallest absolute Gasteiger partial charge is 0.191 e. The lowest BCUT2D eigenvalue weighted by atomic mass is 9.95. The molecule has 0 aliphatic heterocycles. The van der Waals surface area contributed by atoms with Crippen molar-refractivity contribution in [3.8, 4) is 17.1 Å². The van der Waals surface area contributed by atoms with Gasteiger partial charge in [-0.1, -0.05) is 37.4 Å². The van der Waals surface area contributed by atoms with Crippen LogP contribution in [0.5, 0.6) is 5.75 Å². The number of aliphatic hydroxyl groups excluding tert-OH is 1. The second kappa shape index (κ2) is 9.97. The van der Waals surface area contributed by atoms with Gasteiger partial charge in [-0.3, -0.25) is 4.57 Å². The number of hydrogen-bond donors (Lipinski definition) is 1. The van der Waals surface area contributed by atoms with Crippen LogP contribution in [-0.4, -0.2) is 39.3 Å². The Morgan fingerprint density at radius 1 is 1.08 bits per heavy atom. The van der Waals surface area contributed by atoms with E-state index >= 15 is 0 Å². The van der Waals surface area contributed by atoms with Crippen molar-refractivity contribution in [1.82, 2.24) is 14.8 Å². The first kappa shape index (κ1) is 19.2. The Bertz CT molecular complexity index is 666. The molecular formula is C20H29N3O2S. The van der Waals surface area contributed by atoms with Gasteiger partial charge in [0.2, 0.25) is 0 Å². The predicted octanol–water partition coefficient (Wildman–Crippen LogP) is 4.71.